The van der Waals surface area contributed by atoms with Gasteiger partial charge in [0, 0.05) is 17.3 Å². The summed E-state index contributed by atoms with van der Waals surface area (Å²) in [5.74, 6) is 0.381. The van der Waals surface area contributed by atoms with E-state index < -0.39 is 6.10 Å². The Labute approximate surface area is 138 Å². The summed E-state index contributed by atoms with van der Waals surface area (Å²) in [6.07, 6.45) is -0.701. The zero-order chi connectivity index (χ0) is 15.2. The summed E-state index contributed by atoms with van der Waals surface area (Å²) < 4.78 is 5.46. The van der Waals surface area contributed by atoms with Crippen LogP contribution >= 0.6 is 34.8 Å². The van der Waals surface area contributed by atoms with Crippen molar-refractivity contribution in [1.82, 2.24) is 0 Å². The molecule has 0 spiro atoms. The summed E-state index contributed by atoms with van der Waals surface area (Å²) in [4.78, 5) is 0. The highest BCUT2D eigenvalue weighted by Crippen LogP contribution is 2.32. The maximum Gasteiger partial charge on any atom is 0.156 e. The summed E-state index contributed by atoms with van der Waals surface area (Å²) in [5.41, 5.74) is 0.870. The predicted molar refractivity (Wildman–Crippen MR) is 87.9 cm³/mol. The van der Waals surface area contributed by atoms with Gasteiger partial charge in [-0.05, 0) is 36.4 Å². The monoisotopic (exact) mass is 345 g/mol. The molecule has 3 nitrogen and oxygen atoms in total. The molecular formula is C15H14Cl3NO2. The average Bonchev–Trinajstić information content (AvgIpc) is 2.46. The summed E-state index contributed by atoms with van der Waals surface area (Å²) in [5, 5.41) is 14.5. The summed E-state index contributed by atoms with van der Waals surface area (Å²) >= 11 is 17.8. The molecule has 0 amide bonds. The van der Waals surface area contributed by atoms with Gasteiger partial charge < -0.3 is 15.2 Å². The second-order valence-corrected chi connectivity index (χ2v) is 5.65. The Hall–Kier alpha value is -1.13. The van der Waals surface area contributed by atoms with Gasteiger partial charge in [0.25, 0.3) is 0 Å². The molecule has 0 aliphatic carbocycles. The van der Waals surface area contributed by atoms with Crippen molar-refractivity contribution in [2.24, 2.45) is 0 Å². The third-order valence-electron chi connectivity index (χ3n) is 2.73. The van der Waals surface area contributed by atoms with Crippen LogP contribution in [0.2, 0.25) is 15.1 Å². The quantitative estimate of drug-likeness (QED) is 0.809. The molecule has 1 atom stereocenters. The van der Waals surface area contributed by atoms with Crippen LogP contribution in [0.4, 0.5) is 5.69 Å². The number of halogens is 3. The number of ether oxygens (including phenoxy) is 1. The first-order chi connectivity index (χ1) is 10.1. The lowest BCUT2D eigenvalue weighted by molar-refractivity contribution is 0.117. The zero-order valence-electron chi connectivity index (χ0n) is 11.0. The van der Waals surface area contributed by atoms with Gasteiger partial charge in [-0.25, -0.2) is 0 Å². The Balaban J connectivity index is 1.82. The molecule has 6 heteroatoms. The van der Waals surface area contributed by atoms with E-state index in [1.807, 2.05) is 12.1 Å². The van der Waals surface area contributed by atoms with Gasteiger partial charge in [0.15, 0.2) is 5.75 Å². The largest absolute Gasteiger partial charge is 0.488 e. The van der Waals surface area contributed by atoms with Crippen LogP contribution in [0.25, 0.3) is 0 Å². The van der Waals surface area contributed by atoms with Crippen LogP contribution in [0.5, 0.6) is 5.75 Å². The van der Waals surface area contributed by atoms with Gasteiger partial charge in [-0.2, -0.15) is 0 Å². The van der Waals surface area contributed by atoms with Gasteiger partial charge in [0.2, 0.25) is 0 Å². The Morgan fingerprint density at radius 2 is 1.62 bits per heavy atom. The van der Waals surface area contributed by atoms with E-state index in [2.05, 4.69) is 5.32 Å². The van der Waals surface area contributed by atoms with E-state index in [0.29, 0.717) is 27.4 Å². The van der Waals surface area contributed by atoms with Crippen molar-refractivity contribution in [2.45, 2.75) is 6.10 Å². The maximum atomic E-state index is 9.91. The standard InChI is InChI=1S/C15H14Cl3NO2/c16-10-4-6-11(7-5-10)19-8-12(20)9-21-15-13(17)2-1-3-14(15)18/h1-7,12,19-20H,8-9H2. The molecule has 0 aliphatic heterocycles. The molecule has 2 N–H and O–H groups in total. The fraction of sp³-hybridized carbons (Fsp3) is 0.200. The molecule has 0 radical (unpaired) electrons. The summed E-state index contributed by atoms with van der Waals surface area (Å²) in [6.45, 7) is 0.424. The Bertz CT molecular complexity index is 570. The third-order valence-corrected chi connectivity index (χ3v) is 3.57. The Kier molecular flexibility index (Phi) is 6.00. The van der Waals surface area contributed by atoms with E-state index in [0.717, 1.165) is 5.69 Å². The van der Waals surface area contributed by atoms with E-state index in [1.165, 1.54) is 0 Å². The number of benzene rings is 2. The molecule has 0 aliphatic rings. The van der Waals surface area contributed by atoms with Crippen molar-refractivity contribution in [3.05, 3.63) is 57.5 Å². The van der Waals surface area contributed by atoms with Crippen molar-refractivity contribution >= 4 is 40.5 Å². The first-order valence-electron chi connectivity index (χ1n) is 6.30. The number of rotatable bonds is 6. The topological polar surface area (TPSA) is 41.5 Å². The molecule has 0 heterocycles. The average molecular weight is 347 g/mol. The highest BCUT2D eigenvalue weighted by atomic mass is 35.5. The molecule has 0 fully saturated rings. The second-order valence-electron chi connectivity index (χ2n) is 4.40. The van der Waals surface area contributed by atoms with E-state index in [-0.39, 0.29) is 6.61 Å². The first-order valence-corrected chi connectivity index (χ1v) is 7.44. The van der Waals surface area contributed by atoms with Crippen LogP contribution < -0.4 is 10.1 Å². The molecule has 21 heavy (non-hydrogen) atoms. The van der Waals surface area contributed by atoms with E-state index in [4.69, 9.17) is 39.5 Å². The number of hydrogen-bond acceptors (Lipinski definition) is 3. The molecule has 0 bridgehead atoms. The highest BCUT2D eigenvalue weighted by molar-refractivity contribution is 6.37. The minimum absolute atomic E-state index is 0.0873. The lowest BCUT2D eigenvalue weighted by Gasteiger charge is -2.15. The van der Waals surface area contributed by atoms with E-state index in [9.17, 15) is 5.11 Å². The van der Waals surface area contributed by atoms with Gasteiger partial charge in [-0.3, -0.25) is 0 Å². The third kappa shape index (κ3) is 4.97. The second kappa shape index (κ2) is 7.76. The molecule has 1 unspecified atom stereocenters. The number of aliphatic hydroxyl groups is 1. The van der Waals surface area contributed by atoms with Crippen molar-refractivity contribution < 1.29 is 9.84 Å². The molecule has 112 valence electrons. The fourth-order valence-electron chi connectivity index (χ4n) is 1.66. The molecule has 2 aromatic carbocycles. The molecule has 0 saturated heterocycles. The van der Waals surface area contributed by atoms with Gasteiger partial charge >= 0.3 is 0 Å². The van der Waals surface area contributed by atoms with Crippen LogP contribution in [0.3, 0.4) is 0 Å². The van der Waals surface area contributed by atoms with Crippen molar-refractivity contribution in [1.29, 1.82) is 0 Å². The zero-order valence-corrected chi connectivity index (χ0v) is 13.3. The molecule has 2 aromatic rings. The molecule has 0 aromatic heterocycles. The molecule has 2 rings (SSSR count). The van der Waals surface area contributed by atoms with Gasteiger partial charge in [0.05, 0.1) is 10.0 Å². The van der Waals surface area contributed by atoms with Gasteiger partial charge in [-0.15, -0.1) is 0 Å². The van der Waals surface area contributed by atoms with Crippen LogP contribution in [0, 0.1) is 0 Å². The Morgan fingerprint density at radius 1 is 1.00 bits per heavy atom. The SMILES string of the molecule is OC(CNc1ccc(Cl)cc1)COc1c(Cl)cccc1Cl. The fourth-order valence-corrected chi connectivity index (χ4v) is 2.29. The Morgan fingerprint density at radius 3 is 2.24 bits per heavy atom. The highest BCUT2D eigenvalue weighted by Gasteiger charge is 2.10. The van der Waals surface area contributed by atoms with Crippen LogP contribution in [-0.4, -0.2) is 24.4 Å². The number of para-hydroxylation sites is 1. The van der Waals surface area contributed by atoms with Crippen LogP contribution in [-0.2, 0) is 0 Å². The van der Waals surface area contributed by atoms with Gasteiger partial charge in [-0.1, -0.05) is 40.9 Å². The number of hydrogen-bond donors (Lipinski definition) is 2. The normalized spacial score (nSPS) is 12.0. The van der Waals surface area contributed by atoms with Crippen LogP contribution in [0.1, 0.15) is 0 Å². The first kappa shape index (κ1) is 16.2. The number of anilines is 1. The van der Waals surface area contributed by atoms with Gasteiger partial charge in [0.1, 0.15) is 12.7 Å². The smallest absolute Gasteiger partial charge is 0.156 e. The van der Waals surface area contributed by atoms with Crippen molar-refractivity contribution in [3.8, 4) is 5.75 Å². The predicted octanol–water partition coefficient (Wildman–Crippen LogP) is 4.50. The molecule has 0 saturated carbocycles. The lowest BCUT2D eigenvalue weighted by atomic mass is 10.3. The number of aliphatic hydroxyl groups excluding tert-OH is 1. The summed E-state index contributed by atoms with van der Waals surface area (Å²) in [7, 11) is 0. The number of nitrogens with one attached hydrogen (secondary N) is 1. The van der Waals surface area contributed by atoms with E-state index >= 15 is 0 Å². The molecular weight excluding hydrogens is 333 g/mol. The minimum Gasteiger partial charge on any atom is -0.488 e. The van der Waals surface area contributed by atoms with Crippen molar-refractivity contribution in [3.63, 3.8) is 0 Å². The maximum absolute atomic E-state index is 9.91. The minimum atomic E-state index is -0.701. The van der Waals surface area contributed by atoms with Crippen LogP contribution in [0.15, 0.2) is 42.5 Å². The van der Waals surface area contributed by atoms with Crippen molar-refractivity contribution in [2.75, 3.05) is 18.5 Å². The van der Waals surface area contributed by atoms with E-state index in [1.54, 1.807) is 30.3 Å². The summed E-state index contributed by atoms with van der Waals surface area (Å²) in [6, 6.07) is 12.3. The lowest BCUT2D eigenvalue weighted by Crippen LogP contribution is -2.26.